The summed E-state index contributed by atoms with van der Waals surface area (Å²) in [5.41, 5.74) is 1.19. The molecule has 0 aliphatic rings. The van der Waals surface area contributed by atoms with Gasteiger partial charge in [-0.25, -0.2) is 9.50 Å². The topological polar surface area (TPSA) is 105 Å². The van der Waals surface area contributed by atoms with Gasteiger partial charge in [0.1, 0.15) is 22.3 Å². The van der Waals surface area contributed by atoms with Gasteiger partial charge in [-0.2, -0.15) is 5.10 Å². The molecule has 0 radical (unpaired) electrons. The van der Waals surface area contributed by atoms with Crippen molar-refractivity contribution in [1.29, 1.82) is 0 Å². The van der Waals surface area contributed by atoms with Crippen LogP contribution < -0.4 is 10.6 Å². The highest BCUT2D eigenvalue weighted by Crippen LogP contribution is 2.14. The van der Waals surface area contributed by atoms with E-state index in [1.54, 1.807) is 0 Å². The molecule has 0 atom stereocenters. The molecule has 3 aromatic rings. The van der Waals surface area contributed by atoms with Crippen molar-refractivity contribution in [3.8, 4) is 0 Å². The Morgan fingerprint density at radius 2 is 1.85 bits per heavy atom. The van der Waals surface area contributed by atoms with Gasteiger partial charge in [-0.1, -0.05) is 41.9 Å². The Kier molecular flexibility index (Phi) is 5.18. The molecule has 8 heteroatoms. The lowest BCUT2D eigenvalue weighted by atomic mass is 10.1. The molecule has 7 nitrogen and oxygen atoms in total. The molecule has 2 heterocycles. The van der Waals surface area contributed by atoms with Crippen LogP contribution in [0.5, 0.6) is 0 Å². The number of halogens is 1. The number of carbonyl (C=O) groups is 1. The Hall–Kier alpha value is -2.93. The number of aliphatic hydroxyl groups excluding tert-OH is 1. The molecule has 2 N–H and O–H groups in total. The third-order valence-corrected chi connectivity index (χ3v) is 4.45. The van der Waals surface area contributed by atoms with E-state index in [1.807, 2.05) is 30.3 Å². The Labute approximate surface area is 153 Å². The van der Waals surface area contributed by atoms with Gasteiger partial charge in [0.05, 0.1) is 12.1 Å². The molecule has 0 unspecified atom stereocenters. The molecule has 134 valence electrons. The molecular weight excluding hydrogens is 358 g/mol. The second-order valence-electron chi connectivity index (χ2n) is 5.79. The number of nitrogens with zero attached hydrogens (tertiary/aromatic N) is 3. The van der Waals surface area contributed by atoms with Crippen LogP contribution in [0.1, 0.15) is 24.1 Å². The third kappa shape index (κ3) is 3.52. The van der Waals surface area contributed by atoms with Gasteiger partial charge in [0.2, 0.25) is 5.43 Å². The summed E-state index contributed by atoms with van der Waals surface area (Å²) < 4.78 is 1.43. The molecule has 3 rings (SSSR count). The number of aliphatic carboxylic acids is 1. The average Bonchev–Trinajstić information content (AvgIpc) is 3.10. The van der Waals surface area contributed by atoms with Crippen LogP contribution in [0.2, 0.25) is 5.02 Å². The van der Waals surface area contributed by atoms with E-state index in [0.717, 1.165) is 5.56 Å². The minimum atomic E-state index is -1.08. The molecule has 0 spiro atoms. The van der Waals surface area contributed by atoms with Gasteiger partial charge < -0.3 is 10.2 Å². The van der Waals surface area contributed by atoms with Crippen molar-refractivity contribution >= 4 is 29.0 Å². The highest BCUT2D eigenvalue weighted by atomic mass is 35.5. The van der Waals surface area contributed by atoms with E-state index in [0.29, 0.717) is 18.5 Å². The van der Waals surface area contributed by atoms with Crippen LogP contribution in [0.3, 0.4) is 0 Å². The SMILES string of the molecule is O=C(O)CCC(O)=c1c(=O)c(Cl)c(CCc2ccccc2)n2ncnc12. The fraction of sp³-hybridized carbons (Fsp3) is 0.222. The summed E-state index contributed by atoms with van der Waals surface area (Å²) in [5.74, 6) is -1.43. The van der Waals surface area contributed by atoms with Crippen LogP contribution in [0.15, 0.2) is 41.5 Å². The standard InChI is InChI=1S/C18H16ClN3O4/c19-16-12(7-6-11-4-2-1-3-5-11)22-18(20-10-21-22)15(17(16)26)13(23)8-9-14(24)25/h1-5,10,23H,6-9H2,(H,24,25). The average molecular weight is 374 g/mol. The Bertz CT molecular complexity index is 1060. The molecule has 0 fully saturated rings. The number of carboxylic acids is 1. The van der Waals surface area contributed by atoms with E-state index in [1.165, 1.54) is 10.8 Å². The lowest BCUT2D eigenvalue weighted by molar-refractivity contribution is -0.136. The summed E-state index contributed by atoms with van der Waals surface area (Å²) in [6, 6.07) is 9.74. The van der Waals surface area contributed by atoms with Gasteiger partial charge >= 0.3 is 5.97 Å². The van der Waals surface area contributed by atoms with Gasteiger partial charge in [-0.3, -0.25) is 9.59 Å². The van der Waals surface area contributed by atoms with Crippen LogP contribution >= 0.6 is 11.6 Å². The summed E-state index contributed by atoms with van der Waals surface area (Å²) in [7, 11) is 0. The van der Waals surface area contributed by atoms with Gasteiger partial charge in [-0.05, 0) is 18.4 Å². The summed E-state index contributed by atoms with van der Waals surface area (Å²) in [6.07, 6.45) is 1.90. The van der Waals surface area contributed by atoms with Crippen molar-refractivity contribution < 1.29 is 15.0 Å². The molecule has 0 saturated heterocycles. The molecular formula is C18H16ClN3O4. The first-order valence-electron chi connectivity index (χ1n) is 8.01. The first kappa shape index (κ1) is 17.9. The Morgan fingerprint density at radius 1 is 1.12 bits per heavy atom. The van der Waals surface area contributed by atoms with Crippen molar-refractivity contribution in [1.82, 2.24) is 14.6 Å². The molecule has 26 heavy (non-hydrogen) atoms. The third-order valence-electron chi connectivity index (χ3n) is 4.06. The normalized spacial score (nSPS) is 12.3. The molecule has 0 saturated carbocycles. The fourth-order valence-corrected chi connectivity index (χ4v) is 3.05. The lowest BCUT2D eigenvalue weighted by Gasteiger charge is -2.08. The molecule has 0 aliphatic carbocycles. The van der Waals surface area contributed by atoms with Gasteiger partial charge in [0.25, 0.3) is 0 Å². The highest BCUT2D eigenvalue weighted by Gasteiger charge is 2.17. The molecule has 1 aromatic carbocycles. The molecule has 0 amide bonds. The van der Waals surface area contributed by atoms with Crippen molar-refractivity contribution in [2.75, 3.05) is 0 Å². The predicted molar refractivity (Wildman–Crippen MR) is 96.2 cm³/mol. The van der Waals surface area contributed by atoms with Gasteiger partial charge in [0, 0.05) is 6.42 Å². The van der Waals surface area contributed by atoms with Gasteiger partial charge in [0.15, 0.2) is 5.65 Å². The lowest BCUT2D eigenvalue weighted by Crippen LogP contribution is -2.32. The van der Waals surface area contributed by atoms with Crippen molar-refractivity contribution in [3.05, 3.63) is 68.4 Å². The first-order valence-corrected chi connectivity index (χ1v) is 8.38. The zero-order chi connectivity index (χ0) is 18.7. The van der Waals surface area contributed by atoms with E-state index in [9.17, 15) is 14.7 Å². The zero-order valence-corrected chi connectivity index (χ0v) is 14.5. The number of fused-ring (bicyclic) bond motifs is 1. The smallest absolute Gasteiger partial charge is 0.303 e. The number of benzene rings is 1. The number of rotatable bonds is 6. The number of aliphatic hydroxyl groups is 1. The quantitative estimate of drug-likeness (QED) is 0.682. The number of hydrogen-bond donors (Lipinski definition) is 2. The number of hydrogen-bond acceptors (Lipinski definition) is 5. The molecule has 2 aromatic heterocycles. The predicted octanol–water partition coefficient (Wildman–Crippen LogP) is 1.78. The van der Waals surface area contributed by atoms with Gasteiger partial charge in [-0.15, -0.1) is 0 Å². The van der Waals surface area contributed by atoms with Crippen molar-refractivity contribution in [2.45, 2.75) is 25.7 Å². The molecule has 0 bridgehead atoms. The maximum absolute atomic E-state index is 12.7. The van der Waals surface area contributed by atoms with Crippen molar-refractivity contribution in [3.63, 3.8) is 0 Å². The number of aryl methyl sites for hydroxylation is 2. The van der Waals surface area contributed by atoms with E-state index in [4.69, 9.17) is 16.7 Å². The minimum Gasteiger partial charge on any atom is -0.511 e. The largest absolute Gasteiger partial charge is 0.511 e. The van der Waals surface area contributed by atoms with Crippen LogP contribution in [0.25, 0.3) is 11.4 Å². The summed E-state index contributed by atoms with van der Waals surface area (Å²) in [6.45, 7) is 0. The zero-order valence-electron chi connectivity index (χ0n) is 13.7. The van der Waals surface area contributed by atoms with E-state index >= 15 is 0 Å². The highest BCUT2D eigenvalue weighted by molar-refractivity contribution is 6.31. The van der Waals surface area contributed by atoms with Crippen LogP contribution in [0, 0.1) is 0 Å². The van der Waals surface area contributed by atoms with E-state index < -0.39 is 11.4 Å². The van der Waals surface area contributed by atoms with Crippen LogP contribution in [-0.2, 0) is 17.6 Å². The second-order valence-corrected chi connectivity index (χ2v) is 6.16. The fourth-order valence-electron chi connectivity index (χ4n) is 2.78. The Balaban J connectivity index is 2.08. The van der Waals surface area contributed by atoms with Crippen molar-refractivity contribution in [2.24, 2.45) is 0 Å². The van der Waals surface area contributed by atoms with Crippen LogP contribution in [0.4, 0.5) is 0 Å². The minimum absolute atomic E-state index is 0.0455. The second kappa shape index (κ2) is 7.53. The first-order chi connectivity index (χ1) is 12.5. The monoisotopic (exact) mass is 373 g/mol. The Morgan fingerprint density at radius 3 is 2.54 bits per heavy atom. The maximum Gasteiger partial charge on any atom is 0.303 e. The number of aromatic nitrogens is 3. The summed E-state index contributed by atoms with van der Waals surface area (Å²) >= 11 is 6.27. The summed E-state index contributed by atoms with van der Waals surface area (Å²) in [4.78, 5) is 27.4. The number of carboxylic acid groups (broad SMARTS) is 1. The molecule has 0 aliphatic heterocycles. The number of pyridine rings is 1. The summed E-state index contributed by atoms with van der Waals surface area (Å²) in [5, 5.41) is 22.9. The van der Waals surface area contributed by atoms with Crippen LogP contribution in [-0.4, -0.2) is 30.8 Å². The maximum atomic E-state index is 12.7. The van der Waals surface area contributed by atoms with E-state index in [-0.39, 0.29) is 34.5 Å². The van der Waals surface area contributed by atoms with E-state index in [2.05, 4.69) is 10.1 Å².